The Kier molecular flexibility index (Phi) is 4.39. The molecule has 1 fully saturated rings. The van der Waals surface area contributed by atoms with Gasteiger partial charge in [-0.15, -0.1) is 0 Å². The van der Waals surface area contributed by atoms with Crippen molar-refractivity contribution in [1.29, 1.82) is 0 Å². The third-order valence-corrected chi connectivity index (χ3v) is 6.98. The van der Waals surface area contributed by atoms with Crippen LogP contribution in [0.2, 0.25) is 0 Å². The summed E-state index contributed by atoms with van der Waals surface area (Å²) in [6.45, 7) is 1.62. The Bertz CT molecular complexity index is 649. The van der Waals surface area contributed by atoms with E-state index in [4.69, 9.17) is 0 Å². The summed E-state index contributed by atoms with van der Waals surface area (Å²) >= 11 is 0. The van der Waals surface area contributed by atoms with E-state index in [-0.39, 0.29) is 23.3 Å². The summed E-state index contributed by atoms with van der Waals surface area (Å²) in [5, 5.41) is 3.26. The second-order valence-electron chi connectivity index (χ2n) is 5.00. The zero-order chi connectivity index (χ0) is 14.8. The molecule has 112 valence electrons. The molecular formula is C13H19NO4S2. The van der Waals surface area contributed by atoms with Gasteiger partial charge in [0.2, 0.25) is 0 Å². The van der Waals surface area contributed by atoms with Gasteiger partial charge in [-0.1, -0.05) is 6.92 Å². The van der Waals surface area contributed by atoms with Crippen molar-refractivity contribution < 1.29 is 16.8 Å². The first kappa shape index (κ1) is 15.3. The molecule has 20 heavy (non-hydrogen) atoms. The third kappa shape index (κ3) is 3.73. The molecule has 1 aromatic rings. The summed E-state index contributed by atoms with van der Waals surface area (Å²) in [7, 11) is -6.03. The molecule has 0 unspecified atom stereocenters. The first-order valence-corrected chi connectivity index (χ1v) is 10.1. The van der Waals surface area contributed by atoms with Crippen LogP contribution in [0.15, 0.2) is 29.2 Å². The van der Waals surface area contributed by atoms with E-state index >= 15 is 0 Å². The molecule has 0 spiro atoms. The van der Waals surface area contributed by atoms with Gasteiger partial charge in [-0.3, -0.25) is 0 Å². The lowest BCUT2D eigenvalue weighted by Gasteiger charge is -2.24. The van der Waals surface area contributed by atoms with E-state index in [0.29, 0.717) is 17.7 Å². The standard InChI is InChI=1S/C13H19NO4S2/c1-2-20(17,18)13-5-3-11(4-6-13)14-12-7-9-19(15,16)10-8-12/h3-6,12,14H,2,7-10H2,1H3. The summed E-state index contributed by atoms with van der Waals surface area (Å²) in [5.41, 5.74) is 0.823. The highest BCUT2D eigenvalue weighted by atomic mass is 32.2. The minimum Gasteiger partial charge on any atom is -0.382 e. The molecule has 5 nitrogen and oxygen atoms in total. The van der Waals surface area contributed by atoms with Crippen LogP contribution in [0.5, 0.6) is 0 Å². The van der Waals surface area contributed by atoms with Crippen LogP contribution < -0.4 is 5.32 Å². The first-order chi connectivity index (χ1) is 9.32. The Balaban J connectivity index is 2.02. The number of hydrogen-bond acceptors (Lipinski definition) is 5. The lowest BCUT2D eigenvalue weighted by Crippen LogP contribution is -2.32. The predicted molar refractivity (Wildman–Crippen MR) is 79.5 cm³/mol. The van der Waals surface area contributed by atoms with Crippen LogP contribution in [-0.4, -0.2) is 40.1 Å². The summed E-state index contributed by atoms with van der Waals surface area (Å²) < 4.78 is 46.1. The van der Waals surface area contributed by atoms with Crippen molar-refractivity contribution in [2.45, 2.75) is 30.7 Å². The van der Waals surface area contributed by atoms with E-state index in [1.807, 2.05) is 0 Å². The topological polar surface area (TPSA) is 80.3 Å². The maximum atomic E-state index is 11.7. The highest BCUT2D eigenvalue weighted by Crippen LogP contribution is 2.20. The van der Waals surface area contributed by atoms with Crippen molar-refractivity contribution in [3.63, 3.8) is 0 Å². The lowest BCUT2D eigenvalue weighted by molar-refractivity contribution is 0.559. The van der Waals surface area contributed by atoms with E-state index in [0.717, 1.165) is 5.69 Å². The molecule has 0 amide bonds. The fourth-order valence-corrected chi connectivity index (χ4v) is 4.57. The van der Waals surface area contributed by atoms with Crippen molar-refractivity contribution in [1.82, 2.24) is 0 Å². The second-order valence-corrected chi connectivity index (χ2v) is 9.58. The van der Waals surface area contributed by atoms with Gasteiger partial charge in [0.1, 0.15) is 9.84 Å². The van der Waals surface area contributed by atoms with Gasteiger partial charge in [-0.05, 0) is 37.1 Å². The minimum atomic E-state index is -3.17. The fraction of sp³-hybridized carbons (Fsp3) is 0.538. The molecule has 1 saturated heterocycles. The molecule has 0 aliphatic carbocycles. The van der Waals surface area contributed by atoms with Crippen molar-refractivity contribution in [3.8, 4) is 0 Å². The van der Waals surface area contributed by atoms with Gasteiger partial charge < -0.3 is 5.32 Å². The van der Waals surface area contributed by atoms with Crippen molar-refractivity contribution in [2.24, 2.45) is 0 Å². The molecular weight excluding hydrogens is 298 g/mol. The van der Waals surface area contributed by atoms with Crippen molar-refractivity contribution >= 4 is 25.4 Å². The first-order valence-electron chi connectivity index (χ1n) is 6.62. The molecule has 0 radical (unpaired) electrons. The van der Waals surface area contributed by atoms with E-state index in [1.165, 1.54) is 0 Å². The average molecular weight is 317 g/mol. The van der Waals surface area contributed by atoms with E-state index in [2.05, 4.69) is 5.32 Å². The van der Waals surface area contributed by atoms with E-state index < -0.39 is 19.7 Å². The molecule has 1 N–H and O–H groups in total. The van der Waals surface area contributed by atoms with Crippen LogP contribution in [0, 0.1) is 0 Å². The van der Waals surface area contributed by atoms with Crippen LogP contribution in [0.4, 0.5) is 5.69 Å². The summed E-state index contributed by atoms with van der Waals surface area (Å²) in [4.78, 5) is 0.316. The molecule has 7 heteroatoms. The van der Waals surface area contributed by atoms with Crippen LogP contribution in [-0.2, 0) is 19.7 Å². The second kappa shape index (κ2) is 5.73. The number of nitrogens with one attached hydrogen (secondary N) is 1. The number of benzene rings is 1. The largest absolute Gasteiger partial charge is 0.382 e. The summed E-state index contributed by atoms with van der Waals surface area (Å²) in [6, 6.07) is 6.76. The summed E-state index contributed by atoms with van der Waals surface area (Å²) in [5.74, 6) is 0.514. The van der Waals surface area contributed by atoms with Gasteiger partial charge in [-0.25, -0.2) is 16.8 Å². The zero-order valence-corrected chi connectivity index (χ0v) is 13.0. The molecule has 1 aliphatic heterocycles. The molecule has 0 aromatic heterocycles. The van der Waals surface area contributed by atoms with Gasteiger partial charge in [0.05, 0.1) is 22.2 Å². The number of sulfone groups is 2. The SMILES string of the molecule is CCS(=O)(=O)c1ccc(NC2CCS(=O)(=O)CC2)cc1. The van der Waals surface area contributed by atoms with Crippen LogP contribution in [0.1, 0.15) is 19.8 Å². The zero-order valence-electron chi connectivity index (χ0n) is 11.4. The Morgan fingerprint density at radius 2 is 1.70 bits per heavy atom. The monoisotopic (exact) mass is 317 g/mol. The highest BCUT2D eigenvalue weighted by Gasteiger charge is 2.23. The highest BCUT2D eigenvalue weighted by molar-refractivity contribution is 7.91. The number of anilines is 1. The van der Waals surface area contributed by atoms with Gasteiger partial charge >= 0.3 is 0 Å². The van der Waals surface area contributed by atoms with Gasteiger partial charge in [-0.2, -0.15) is 0 Å². The molecule has 0 atom stereocenters. The molecule has 2 rings (SSSR count). The normalized spacial score (nSPS) is 19.6. The Hall–Kier alpha value is -1.08. The van der Waals surface area contributed by atoms with Crippen LogP contribution >= 0.6 is 0 Å². The molecule has 1 heterocycles. The maximum Gasteiger partial charge on any atom is 0.178 e. The number of rotatable bonds is 4. The van der Waals surface area contributed by atoms with Crippen LogP contribution in [0.3, 0.4) is 0 Å². The fourth-order valence-electron chi connectivity index (χ4n) is 2.20. The van der Waals surface area contributed by atoms with Gasteiger partial charge in [0, 0.05) is 11.7 Å². The predicted octanol–water partition coefficient (Wildman–Crippen LogP) is 1.47. The van der Waals surface area contributed by atoms with Crippen molar-refractivity contribution in [2.75, 3.05) is 22.6 Å². The van der Waals surface area contributed by atoms with E-state index in [9.17, 15) is 16.8 Å². The summed E-state index contributed by atoms with van der Waals surface area (Å²) in [6.07, 6.45) is 1.19. The Morgan fingerprint density at radius 3 is 2.20 bits per heavy atom. The number of hydrogen-bond donors (Lipinski definition) is 1. The minimum absolute atomic E-state index is 0.0836. The maximum absolute atomic E-state index is 11.7. The molecule has 0 bridgehead atoms. The average Bonchev–Trinajstić information content (AvgIpc) is 2.42. The van der Waals surface area contributed by atoms with E-state index in [1.54, 1.807) is 31.2 Å². The molecule has 1 aliphatic rings. The quantitative estimate of drug-likeness (QED) is 0.909. The third-order valence-electron chi connectivity index (χ3n) is 3.52. The molecule has 1 aromatic carbocycles. The Labute approximate surface area is 120 Å². The Morgan fingerprint density at radius 1 is 1.15 bits per heavy atom. The van der Waals surface area contributed by atoms with Gasteiger partial charge in [0.25, 0.3) is 0 Å². The van der Waals surface area contributed by atoms with Gasteiger partial charge in [0.15, 0.2) is 9.84 Å². The molecule has 0 saturated carbocycles. The van der Waals surface area contributed by atoms with Crippen LogP contribution in [0.25, 0.3) is 0 Å². The van der Waals surface area contributed by atoms with Crippen molar-refractivity contribution in [3.05, 3.63) is 24.3 Å². The smallest absolute Gasteiger partial charge is 0.178 e. The lowest BCUT2D eigenvalue weighted by atomic mass is 10.1.